The molecule has 0 spiro atoms. The molecule has 0 unspecified atom stereocenters. The van der Waals surface area contributed by atoms with Gasteiger partial charge in [0, 0.05) is 43.1 Å². The molecular weight excluding hydrogens is 273 g/mol. The number of aliphatic hydroxyl groups is 1. The van der Waals surface area contributed by atoms with Crippen molar-refractivity contribution in [1.82, 2.24) is 4.90 Å². The van der Waals surface area contributed by atoms with Crippen LogP contribution in [0.5, 0.6) is 5.75 Å². The standard InChI is InChI=1S/C16H22FNO3/c1-20-14-2-3-15(17)12(6-14)7-18-8-13-9-21-5-4-16(13,10-18)11-19/h2-3,6,13,19H,4-5,7-11H2,1H3/t13-,16-/m1/s1. The molecule has 4 nitrogen and oxygen atoms in total. The Morgan fingerprint density at radius 2 is 2.38 bits per heavy atom. The topological polar surface area (TPSA) is 41.9 Å². The molecule has 0 aliphatic carbocycles. The van der Waals surface area contributed by atoms with Gasteiger partial charge >= 0.3 is 0 Å². The predicted octanol–water partition coefficient (Wildman–Crippen LogP) is 1.67. The molecule has 2 aliphatic heterocycles. The monoisotopic (exact) mass is 295 g/mol. The van der Waals surface area contributed by atoms with E-state index in [1.807, 2.05) is 0 Å². The van der Waals surface area contributed by atoms with E-state index in [-0.39, 0.29) is 17.8 Å². The lowest BCUT2D eigenvalue weighted by atomic mass is 9.75. The van der Waals surface area contributed by atoms with Gasteiger partial charge in [-0.2, -0.15) is 0 Å². The molecule has 116 valence electrons. The summed E-state index contributed by atoms with van der Waals surface area (Å²) in [6.45, 7) is 3.76. The van der Waals surface area contributed by atoms with Crippen molar-refractivity contribution >= 4 is 0 Å². The first-order valence-electron chi connectivity index (χ1n) is 7.40. The Bertz CT molecular complexity index is 510. The van der Waals surface area contributed by atoms with E-state index >= 15 is 0 Å². The maximum Gasteiger partial charge on any atom is 0.127 e. The van der Waals surface area contributed by atoms with Crippen LogP contribution in [0.25, 0.3) is 0 Å². The second-order valence-corrected chi connectivity index (χ2v) is 6.17. The van der Waals surface area contributed by atoms with Crippen LogP contribution in [0.15, 0.2) is 18.2 Å². The van der Waals surface area contributed by atoms with Crippen LogP contribution in [0.1, 0.15) is 12.0 Å². The molecule has 1 N–H and O–H groups in total. The van der Waals surface area contributed by atoms with Crippen molar-refractivity contribution in [2.45, 2.75) is 13.0 Å². The van der Waals surface area contributed by atoms with Gasteiger partial charge in [-0.3, -0.25) is 4.90 Å². The molecule has 2 atom stereocenters. The van der Waals surface area contributed by atoms with Crippen molar-refractivity contribution in [3.05, 3.63) is 29.6 Å². The molecule has 1 aromatic rings. The van der Waals surface area contributed by atoms with E-state index in [0.717, 1.165) is 19.5 Å². The zero-order valence-electron chi connectivity index (χ0n) is 12.3. The summed E-state index contributed by atoms with van der Waals surface area (Å²) in [5.74, 6) is 0.799. The zero-order chi connectivity index (χ0) is 14.9. The predicted molar refractivity (Wildman–Crippen MR) is 76.7 cm³/mol. The van der Waals surface area contributed by atoms with E-state index in [2.05, 4.69) is 4.90 Å². The average molecular weight is 295 g/mol. The Hall–Kier alpha value is -1.17. The van der Waals surface area contributed by atoms with Crippen LogP contribution in [0.3, 0.4) is 0 Å². The first kappa shape index (κ1) is 14.8. The molecule has 2 saturated heterocycles. The minimum Gasteiger partial charge on any atom is -0.497 e. The van der Waals surface area contributed by atoms with Gasteiger partial charge in [0.15, 0.2) is 0 Å². The Labute approximate surface area is 124 Å². The van der Waals surface area contributed by atoms with Crippen LogP contribution < -0.4 is 4.74 Å². The first-order chi connectivity index (χ1) is 10.2. The lowest BCUT2D eigenvalue weighted by Crippen LogP contribution is -2.41. The number of halogens is 1. The molecule has 0 aromatic heterocycles. The fourth-order valence-electron chi connectivity index (χ4n) is 3.58. The number of ether oxygens (including phenoxy) is 2. The summed E-state index contributed by atoms with van der Waals surface area (Å²) in [7, 11) is 1.58. The first-order valence-corrected chi connectivity index (χ1v) is 7.40. The van der Waals surface area contributed by atoms with E-state index in [4.69, 9.17) is 9.47 Å². The maximum absolute atomic E-state index is 14.0. The number of fused-ring (bicyclic) bond motifs is 1. The van der Waals surface area contributed by atoms with Crippen LogP contribution in [0, 0.1) is 17.2 Å². The maximum atomic E-state index is 14.0. The van der Waals surface area contributed by atoms with Gasteiger partial charge in [0.25, 0.3) is 0 Å². The molecule has 0 saturated carbocycles. The fourth-order valence-corrected chi connectivity index (χ4v) is 3.58. The molecule has 0 radical (unpaired) electrons. The highest BCUT2D eigenvalue weighted by Gasteiger charge is 2.47. The van der Waals surface area contributed by atoms with Gasteiger partial charge in [-0.05, 0) is 24.6 Å². The number of rotatable bonds is 4. The quantitative estimate of drug-likeness (QED) is 0.917. The highest BCUT2D eigenvalue weighted by molar-refractivity contribution is 5.30. The number of likely N-dealkylation sites (tertiary alicyclic amines) is 1. The number of aliphatic hydroxyl groups excluding tert-OH is 1. The Morgan fingerprint density at radius 3 is 3.10 bits per heavy atom. The molecular formula is C16H22FNO3. The highest BCUT2D eigenvalue weighted by Crippen LogP contribution is 2.42. The van der Waals surface area contributed by atoms with Crippen LogP contribution in [0.4, 0.5) is 4.39 Å². The number of nitrogens with zero attached hydrogens (tertiary/aromatic N) is 1. The van der Waals surface area contributed by atoms with Crippen molar-refractivity contribution in [3.8, 4) is 5.75 Å². The molecule has 2 aliphatic rings. The van der Waals surface area contributed by atoms with E-state index in [1.165, 1.54) is 6.07 Å². The Morgan fingerprint density at radius 1 is 1.52 bits per heavy atom. The van der Waals surface area contributed by atoms with Crippen molar-refractivity contribution in [3.63, 3.8) is 0 Å². The van der Waals surface area contributed by atoms with E-state index in [0.29, 0.717) is 37.0 Å². The molecule has 3 rings (SSSR count). The molecule has 0 amide bonds. The van der Waals surface area contributed by atoms with E-state index in [9.17, 15) is 9.50 Å². The number of hydrogen-bond donors (Lipinski definition) is 1. The van der Waals surface area contributed by atoms with Crippen molar-refractivity contribution < 1.29 is 19.0 Å². The summed E-state index contributed by atoms with van der Waals surface area (Å²) in [4.78, 5) is 2.22. The van der Waals surface area contributed by atoms with Gasteiger partial charge in [0.1, 0.15) is 11.6 Å². The summed E-state index contributed by atoms with van der Waals surface area (Å²) in [5, 5.41) is 9.80. The van der Waals surface area contributed by atoms with Gasteiger partial charge in [0.05, 0.1) is 20.3 Å². The smallest absolute Gasteiger partial charge is 0.127 e. The van der Waals surface area contributed by atoms with Gasteiger partial charge in [-0.15, -0.1) is 0 Å². The van der Waals surface area contributed by atoms with Crippen molar-refractivity contribution in [2.24, 2.45) is 11.3 Å². The lowest BCUT2D eigenvalue weighted by Gasteiger charge is -2.36. The van der Waals surface area contributed by atoms with Crippen LogP contribution in [-0.2, 0) is 11.3 Å². The summed E-state index contributed by atoms with van der Waals surface area (Å²) >= 11 is 0. The molecule has 0 bridgehead atoms. The van der Waals surface area contributed by atoms with Crippen molar-refractivity contribution in [1.29, 1.82) is 0 Å². The van der Waals surface area contributed by atoms with E-state index in [1.54, 1.807) is 19.2 Å². The average Bonchev–Trinajstić information content (AvgIpc) is 2.88. The largest absolute Gasteiger partial charge is 0.497 e. The number of hydrogen-bond acceptors (Lipinski definition) is 4. The van der Waals surface area contributed by atoms with Crippen LogP contribution in [-0.4, -0.2) is 50.0 Å². The minimum absolute atomic E-state index is 0.0758. The molecule has 2 heterocycles. The zero-order valence-corrected chi connectivity index (χ0v) is 12.3. The van der Waals surface area contributed by atoms with Crippen LogP contribution >= 0.6 is 0 Å². The third kappa shape index (κ3) is 2.78. The summed E-state index contributed by atoms with van der Waals surface area (Å²) in [6.07, 6.45) is 0.880. The Kier molecular flexibility index (Phi) is 4.15. The summed E-state index contributed by atoms with van der Waals surface area (Å²) < 4.78 is 24.7. The SMILES string of the molecule is COc1ccc(F)c(CN2C[C@@H]3COCC[C@]3(CO)C2)c1. The summed E-state index contributed by atoms with van der Waals surface area (Å²) in [5.41, 5.74) is 0.565. The number of benzene rings is 1. The molecule has 1 aromatic carbocycles. The molecule has 2 fully saturated rings. The van der Waals surface area contributed by atoms with Crippen LogP contribution in [0.2, 0.25) is 0 Å². The minimum atomic E-state index is -0.208. The molecule has 21 heavy (non-hydrogen) atoms. The second kappa shape index (κ2) is 5.91. The third-order valence-corrected chi connectivity index (χ3v) is 4.91. The van der Waals surface area contributed by atoms with Gasteiger partial charge in [-0.1, -0.05) is 0 Å². The summed E-state index contributed by atoms with van der Waals surface area (Å²) in [6, 6.07) is 4.83. The van der Waals surface area contributed by atoms with E-state index < -0.39 is 0 Å². The van der Waals surface area contributed by atoms with Gasteiger partial charge in [0.2, 0.25) is 0 Å². The lowest BCUT2D eigenvalue weighted by molar-refractivity contribution is -0.0417. The fraction of sp³-hybridized carbons (Fsp3) is 0.625. The van der Waals surface area contributed by atoms with Crippen molar-refractivity contribution in [2.75, 3.05) is 40.0 Å². The highest BCUT2D eigenvalue weighted by atomic mass is 19.1. The van der Waals surface area contributed by atoms with Gasteiger partial charge in [-0.25, -0.2) is 4.39 Å². The third-order valence-electron chi connectivity index (χ3n) is 4.91. The Balaban J connectivity index is 1.74. The normalized spacial score (nSPS) is 29.4. The number of methoxy groups -OCH3 is 1. The van der Waals surface area contributed by atoms with Gasteiger partial charge < -0.3 is 14.6 Å². The molecule has 5 heteroatoms. The second-order valence-electron chi connectivity index (χ2n) is 6.17.